The molecule has 2 aliphatic carbocycles. The monoisotopic (exact) mass is 271 g/mol. The molecule has 3 atom stereocenters. The third-order valence-corrected chi connectivity index (χ3v) is 6.83. The van der Waals surface area contributed by atoms with Crippen LogP contribution < -0.4 is 5.32 Å². The van der Waals surface area contributed by atoms with Crippen LogP contribution in [0.2, 0.25) is 0 Å². The standard InChI is InChI=1S/C19H29N/c1-13-6-7-15(14(2)10-13)12-20-17-11-16-8-9-19(17,5)18(16,3)4/h6-7,10,16-17,20H,8-9,11-12H2,1-5H3. The zero-order valence-corrected chi connectivity index (χ0v) is 13.7. The molecule has 0 saturated heterocycles. The molecule has 20 heavy (non-hydrogen) atoms. The topological polar surface area (TPSA) is 12.0 Å². The third kappa shape index (κ3) is 1.94. The van der Waals surface area contributed by atoms with Gasteiger partial charge in [0.1, 0.15) is 0 Å². The lowest BCUT2D eigenvalue weighted by molar-refractivity contribution is 0.120. The van der Waals surface area contributed by atoms with E-state index in [-0.39, 0.29) is 0 Å². The second-order valence-electron chi connectivity index (χ2n) is 7.97. The Kier molecular flexibility index (Phi) is 3.25. The van der Waals surface area contributed by atoms with Gasteiger partial charge in [0.2, 0.25) is 0 Å². The summed E-state index contributed by atoms with van der Waals surface area (Å²) in [6.07, 6.45) is 4.20. The highest BCUT2D eigenvalue weighted by Crippen LogP contribution is 2.65. The molecule has 0 amide bonds. The molecule has 2 saturated carbocycles. The molecule has 1 aromatic rings. The maximum Gasteiger partial charge on any atom is 0.0210 e. The molecule has 0 heterocycles. The molecular weight excluding hydrogens is 242 g/mol. The van der Waals surface area contributed by atoms with Gasteiger partial charge in [-0.2, -0.15) is 0 Å². The van der Waals surface area contributed by atoms with E-state index in [2.05, 4.69) is 58.1 Å². The Morgan fingerprint density at radius 1 is 1.20 bits per heavy atom. The Morgan fingerprint density at radius 2 is 1.95 bits per heavy atom. The van der Waals surface area contributed by atoms with Gasteiger partial charge in [0.05, 0.1) is 0 Å². The highest BCUT2D eigenvalue weighted by Gasteiger charge is 2.60. The van der Waals surface area contributed by atoms with Gasteiger partial charge < -0.3 is 5.32 Å². The summed E-state index contributed by atoms with van der Waals surface area (Å²) in [7, 11) is 0. The minimum absolute atomic E-state index is 0.482. The number of benzene rings is 1. The van der Waals surface area contributed by atoms with Crippen LogP contribution in [-0.4, -0.2) is 6.04 Å². The van der Waals surface area contributed by atoms with Crippen molar-refractivity contribution in [3.63, 3.8) is 0 Å². The van der Waals surface area contributed by atoms with Gasteiger partial charge in [-0.1, -0.05) is 44.5 Å². The molecule has 0 aliphatic heterocycles. The molecular formula is C19H29N. The minimum atomic E-state index is 0.482. The van der Waals surface area contributed by atoms with Crippen LogP contribution in [0, 0.1) is 30.6 Å². The molecule has 3 unspecified atom stereocenters. The van der Waals surface area contributed by atoms with Crippen molar-refractivity contribution in [1.29, 1.82) is 0 Å². The van der Waals surface area contributed by atoms with Crippen LogP contribution in [0.4, 0.5) is 0 Å². The van der Waals surface area contributed by atoms with Crippen molar-refractivity contribution in [2.24, 2.45) is 16.7 Å². The van der Waals surface area contributed by atoms with Gasteiger partial charge in [0.15, 0.2) is 0 Å². The first-order chi connectivity index (χ1) is 9.34. The van der Waals surface area contributed by atoms with Crippen molar-refractivity contribution in [2.45, 2.75) is 66.5 Å². The third-order valence-electron chi connectivity index (χ3n) is 6.83. The van der Waals surface area contributed by atoms with Crippen LogP contribution in [0.5, 0.6) is 0 Å². The largest absolute Gasteiger partial charge is 0.309 e. The fourth-order valence-corrected chi connectivity index (χ4v) is 4.79. The second kappa shape index (κ2) is 4.59. The minimum Gasteiger partial charge on any atom is -0.309 e. The van der Waals surface area contributed by atoms with Crippen molar-refractivity contribution >= 4 is 0 Å². The van der Waals surface area contributed by atoms with E-state index in [0.717, 1.165) is 12.5 Å². The molecule has 1 heteroatoms. The van der Waals surface area contributed by atoms with E-state index in [1.807, 2.05) is 0 Å². The fraction of sp³-hybridized carbons (Fsp3) is 0.684. The highest BCUT2D eigenvalue weighted by atomic mass is 15.0. The maximum atomic E-state index is 3.89. The summed E-state index contributed by atoms with van der Waals surface area (Å²) in [6, 6.07) is 7.51. The molecule has 110 valence electrons. The molecule has 3 rings (SSSR count). The normalized spacial score (nSPS) is 34.6. The first-order valence-electron chi connectivity index (χ1n) is 8.14. The zero-order chi connectivity index (χ0) is 14.5. The molecule has 1 nitrogen and oxygen atoms in total. The number of aryl methyl sites for hydroxylation is 2. The summed E-state index contributed by atoms with van der Waals surface area (Å²) in [5, 5.41) is 3.89. The number of fused-ring (bicyclic) bond motifs is 2. The summed E-state index contributed by atoms with van der Waals surface area (Å²) < 4.78 is 0. The molecule has 1 N–H and O–H groups in total. The first-order valence-corrected chi connectivity index (χ1v) is 8.14. The smallest absolute Gasteiger partial charge is 0.0210 e. The lowest BCUT2D eigenvalue weighted by Crippen LogP contribution is -2.44. The van der Waals surface area contributed by atoms with Gasteiger partial charge in [-0.15, -0.1) is 0 Å². The Morgan fingerprint density at radius 3 is 2.50 bits per heavy atom. The van der Waals surface area contributed by atoms with Crippen LogP contribution in [-0.2, 0) is 6.54 Å². The zero-order valence-electron chi connectivity index (χ0n) is 13.7. The van der Waals surface area contributed by atoms with Gasteiger partial charge in [-0.25, -0.2) is 0 Å². The van der Waals surface area contributed by atoms with E-state index in [9.17, 15) is 0 Å². The van der Waals surface area contributed by atoms with E-state index in [1.54, 1.807) is 0 Å². The number of hydrogen-bond donors (Lipinski definition) is 1. The van der Waals surface area contributed by atoms with Crippen LogP contribution in [0.1, 0.15) is 56.7 Å². The summed E-state index contributed by atoms with van der Waals surface area (Å²) >= 11 is 0. The van der Waals surface area contributed by atoms with Crippen molar-refractivity contribution < 1.29 is 0 Å². The SMILES string of the molecule is Cc1ccc(CNC2CC3CCC2(C)C3(C)C)c(C)c1. The van der Waals surface area contributed by atoms with E-state index in [1.165, 1.54) is 36.0 Å². The van der Waals surface area contributed by atoms with Crippen molar-refractivity contribution in [3.8, 4) is 0 Å². The van der Waals surface area contributed by atoms with Crippen molar-refractivity contribution in [1.82, 2.24) is 5.32 Å². The maximum absolute atomic E-state index is 3.89. The second-order valence-corrected chi connectivity index (χ2v) is 7.97. The summed E-state index contributed by atoms with van der Waals surface area (Å²) in [5.74, 6) is 0.920. The first kappa shape index (κ1) is 14.1. The quantitative estimate of drug-likeness (QED) is 0.846. The van der Waals surface area contributed by atoms with Crippen molar-refractivity contribution in [2.75, 3.05) is 0 Å². The lowest BCUT2D eigenvalue weighted by atomic mass is 9.69. The number of rotatable bonds is 3. The predicted octanol–water partition coefficient (Wildman–Crippen LogP) is 4.61. The predicted molar refractivity (Wildman–Crippen MR) is 85.8 cm³/mol. The number of nitrogens with one attached hydrogen (secondary N) is 1. The Bertz CT molecular complexity index is 516. The lowest BCUT2D eigenvalue weighted by Gasteiger charge is -2.39. The number of hydrogen-bond acceptors (Lipinski definition) is 1. The summed E-state index contributed by atoms with van der Waals surface area (Å²) in [4.78, 5) is 0. The van der Waals surface area contributed by atoms with Gasteiger partial charge in [-0.05, 0) is 61.0 Å². The van der Waals surface area contributed by atoms with Gasteiger partial charge in [-0.3, -0.25) is 0 Å². The molecule has 2 aliphatic rings. The Labute approximate surface area is 124 Å². The average Bonchev–Trinajstić information content (AvgIpc) is 2.70. The van der Waals surface area contributed by atoms with Crippen LogP contribution in [0.15, 0.2) is 18.2 Å². The molecule has 0 radical (unpaired) electrons. The Balaban J connectivity index is 1.71. The van der Waals surface area contributed by atoms with E-state index in [4.69, 9.17) is 0 Å². The fourth-order valence-electron chi connectivity index (χ4n) is 4.79. The van der Waals surface area contributed by atoms with Crippen molar-refractivity contribution in [3.05, 3.63) is 34.9 Å². The van der Waals surface area contributed by atoms with Crippen LogP contribution >= 0.6 is 0 Å². The molecule has 0 spiro atoms. The summed E-state index contributed by atoms with van der Waals surface area (Å²) in [5.41, 5.74) is 5.23. The van der Waals surface area contributed by atoms with Crippen LogP contribution in [0.25, 0.3) is 0 Å². The van der Waals surface area contributed by atoms with E-state index >= 15 is 0 Å². The van der Waals surface area contributed by atoms with E-state index < -0.39 is 0 Å². The molecule has 1 aromatic carbocycles. The van der Waals surface area contributed by atoms with Crippen LogP contribution in [0.3, 0.4) is 0 Å². The highest BCUT2D eigenvalue weighted by molar-refractivity contribution is 5.30. The molecule has 2 bridgehead atoms. The summed E-state index contributed by atoms with van der Waals surface area (Å²) in [6.45, 7) is 12.9. The molecule has 0 aromatic heterocycles. The average molecular weight is 271 g/mol. The van der Waals surface area contributed by atoms with Gasteiger partial charge in [0.25, 0.3) is 0 Å². The van der Waals surface area contributed by atoms with Gasteiger partial charge >= 0.3 is 0 Å². The molecule has 2 fully saturated rings. The Hall–Kier alpha value is -0.820. The van der Waals surface area contributed by atoms with E-state index in [0.29, 0.717) is 16.9 Å². The van der Waals surface area contributed by atoms with Gasteiger partial charge in [0, 0.05) is 12.6 Å².